The number of Topliss-reactive ketones (excluding diaryl/α,β-unsaturated/α-hetero) is 1. The van der Waals surface area contributed by atoms with Gasteiger partial charge in [0.25, 0.3) is 11.7 Å². The highest BCUT2D eigenvalue weighted by atomic mass is 16.7. The van der Waals surface area contributed by atoms with Crippen LogP contribution in [0.4, 0.5) is 0 Å². The van der Waals surface area contributed by atoms with Gasteiger partial charge in [0.1, 0.15) is 19.0 Å². The molecule has 0 aromatic heterocycles. The van der Waals surface area contributed by atoms with Crippen LogP contribution < -0.4 is 23.7 Å². The molecule has 1 atom stereocenters. The van der Waals surface area contributed by atoms with E-state index in [4.69, 9.17) is 23.7 Å². The van der Waals surface area contributed by atoms with Gasteiger partial charge in [0.05, 0.1) is 18.7 Å². The van der Waals surface area contributed by atoms with Gasteiger partial charge in [-0.25, -0.2) is 0 Å². The number of benzene rings is 2. The molecule has 1 unspecified atom stereocenters. The molecule has 4 heterocycles. The molecule has 2 aromatic carbocycles. The van der Waals surface area contributed by atoms with Gasteiger partial charge in [0.2, 0.25) is 12.5 Å². The molecule has 1 N–H and O–H groups in total. The van der Waals surface area contributed by atoms with Gasteiger partial charge < -0.3 is 38.6 Å². The van der Waals surface area contributed by atoms with Gasteiger partial charge in [-0.15, -0.1) is 0 Å². The van der Waals surface area contributed by atoms with Crippen molar-refractivity contribution < 1.29 is 38.4 Å². The minimum atomic E-state index is -0.834. The molecule has 37 heavy (non-hydrogen) atoms. The molecule has 0 aliphatic carbocycles. The topological polar surface area (TPSA) is 107 Å². The SMILES string of the molecule is COc1cc(C2/C(=C(\O)c3ccc4c(c3)OCCO4)C(=O)C(=O)N2CCN2CCCC2)cc2c1OCO2. The molecule has 0 saturated carbocycles. The second kappa shape index (κ2) is 9.51. The number of carbonyl (C=O) groups excluding carboxylic acids is 2. The quantitative estimate of drug-likeness (QED) is 0.358. The number of fused-ring (bicyclic) bond motifs is 2. The van der Waals surface area contributed by atoms with Gasteiger partial charge >= 0.3 is 0 Å². The number of aliphatic hydroxyl groups excluding tert-OH is 1. The standard InChI is InChI=1S/C27H28N2O8/c1-33-20-13-17(14-21-26(20)37-15-36-21)23-22(24(30)16-4-5-18-19(12-16)35-11-10-34-18)25(31)27(32)29(23)9-8-28-6-2-3-7-28/h4-5,12-14,23,30H,2-3,6-11,15H2,1H3/b24-22+. The Hall–Kier alpha value is -3.92. The summed E-state index contributed by atoms with van der Waals surface area (Å²) in [5.74, 6) is 0.710. The largest absolute Gasteiger partial charge is 0.507 e. The molecule has 4 aliphatic heterocycles. The van der Waals surface area contributed by atoms with E-state index in [9.17, 15) is 14.7 Å². The Labute approximate surface area is 213 Å². The van der Waals surface area contributed by atoms with Crippen LogP contribution in [0.2, 0.25) is 0 Å². The number of methoxy groups -OCH3 is 1. The smallest absolute Gasteiger partial charge is 0.295 e. The monoisotopic (exact) mass is 508 g/mol. The highest BCUT2D eigenvalue weighted by Crippen LogP contribution is 2.47. The molecule has 1 amide bonds. The van der Waals surface area contributed by atoms with Crippen LogP contribution in [0, 0.1) is 0 Å². The summed E-state index contributed by atoms with van der Waals surface area (Å²) in [7, 11) is 1.51. The van der Waals surface area contributed by atoms with Crippen LogP contribution in [-0.2, 0) is 9.59 Å². The highest BCUT2D eigenvalue weighted by molar-refractivity contribution is 6.46. The molecule has 2 fully saturated rings. The lowest BCUT2D eigenvalue weighted by Crippen LogP contribution is -2.37. The molecule has 6 rings (SSSR count). The van der Waals surface area contributed by atoms with Crippen LogP contribution in [0.5, 0.6) is 28.7 Å². The molecular weight excluding hydrogens is 480 g/mol. The van der Waals surface area contributed by atoms with Crippen LogP contribution in [0.25, 0.3) is 5.76 Å². The zero-order valence-electron chi connectivity index (χ0n) is 20.5. The zero-order chi connectivity index (χ0) is 25.5. The molecule has 4 aliphatic rings. The number of ether oxygens (including phenoxy) is 5. The lowest BCUT2D eigenvalue weighted by molar-refractivity contribution is -0.140. The first-order valence-corrected chi connectivity index (χ1v) is 12.4. The van der Waals surface area contributed by atoms with Crippen molar-refractivity contribution in [3.63, 3.8) is 0 Å². The van der Waals surface area contributed by atoms with Crippen molar-refractivity contribution in [1.82, 2.24) is 9.80 Å². The second-order valence-corrected chi connectivity index (χ2v) is 9.36. The summed E-state index contributed by atoms with van der Waals surface area (Å²) < 4.78 is 27.9. The van der Waals surface area contributed by atoms with E-state index in [0.717, 1.165) is 25.9 Å². The van der Waals surface area contributed by atoms with Gasteiger partial charge in [0.15, 0.2) is 23.0 Å². The molecule has 194 valence electrons. The summed E-state index contributed by atoms with van der Waals surface area (Å²) in [6.45, 7) is 3.76. The van der Waals surface area contributed by atoms with Crippen molar-refractivity contribution >= 4 is 17.4 Å². The first kappa shape index (κ1) is 23.5. The number of rotatable bonds is 6. The fourth-order valence-corrected chi connectivity index (χ4v) is 5.37. The summed E-state index contributed by atoms with van der Waals surface area (Å²) in [5.41, 5.74) is 0.948. The van der Waals surface area contributed by atoms with Crippen LogP contribution in [0.1, 0.15) is 30.0 Å². The number of aliphatic hydroxyl groups is 1. The van der Waals surface area contributed by atoms with Crippen LogP contribution >= 0.6 is 0 Å². The number of ketones is 1. The lowest BCUT2D eigenvalue weighted by atomic mass is 9.94. The van der Waals surface area contributed by atoms with E-state index in [1.165, 1.54) is 12.0 Å². The van der Waals surface area contributed by atoms with Gasteiger partial charge in [0, 0.05) is 18.7 Å². The van der Waals surface area contributed by atoms with Gasteiger partial charge in [-0.05, 0) is 61.8 Å². The normalized spacial score (nSPS) is 22.1. The minimum absolute atomic E-state index is 0.00372. The maximum Gasteiger partial charge on any atom is 0.295 e. The average Bonchev–Trinajstić information content (AvgIpc) is 3.67. The van der Waals surface area contributed by atoms with Crippen molar-refractivity contribution in [1.29, 1.82) is 0 Å². The first-order valence-electron chi connectivity index (χ1n) is 12.4. The molecule has 10 heteroatoms. The van der Waals surface area contributed by atoms with Gasteiger partial charge in [-0.3, -0.25) is 9.59 Å². The van der Waals surface area contributed by atoms with Gasteiger partial charge in [-0.1, -0.05) is 0 Å². The zero-order valence-corrected chi connectivity index (χ0v) is 20.5. The number of amides is 1. The van der Waals surface area contributed by atoms with E-state index >= 15 is 0 Å². The average molecular weight is 509 g/mol. The summed E-state index contributed by atoms with van der Waals surface area (Å²) in [5, 5.41) is 11.4. The van der Waals surface area contributed by atoms with Crippen LogP contribution in [0.15, 0.2) is 35.9 Å². The Morgan fingerprint density at radius 1 is 0.973 bits per heavy atom. The van der Waals surface area contributed by atoms with E-state index in [1.807, 2.05) is 0 Å². The third-order valence-corrected chi connectivity index (χ3v) is 7.21. The van der Waals surface area contributed by atoms with Crippen LogP contribution in [-0.4, -0.2) is 79.9 Å². The van der Waals surface area contributed by atoms with Crippen molar-refractivity contribution in [2.24, 2.45) is 0 Å². The minimum Gasteiger partial charge on any atom is -0.507 e. The Bertz CT molecular complexity index is 1280. The molecule has 0 spiro atoms. The van der Waals surface area contributed by atoms with E-state index in [0.29, 0.717) is 66.2 Å². The third kappa shape index (κ3) is 4.11. The predicted molar refractivity (Wildman–Crippen MR) is 131 cm³/mol. The fourth-order valence-electron chi connectivity index (χ4n) is 5.37. The Morgan fingerprint density at radius 2 is 1.76 bits per heavy atom. The molecule has 0 bridgehead atoms. The van der Waals surface area contributed by atoms with Crippen molar-refractivity contribution in [3.05, 3.63) is 47.0 Å². The van der Waals surface area contributed by atoms with E-state index in [2.05, 4.69) is 4.90 Å². The molecule has 2 saturated heterocycles. The van der Waals surface area contributed by atoms with E-state index in [1.54, 1.807) is 30.3 Å². The number of hydrogen-bond acceptors (Lipinski definition) is 9. The summed E-state index contributed by atoms with van der Waals surface area (Å²) in [4.78, 5) is 30.6. The lowest BCUT2D eigenvalue weighted by Gasteiger charge is -2.28. The predicted octanol–water partition coefficient (Wildman–Crippen LogP) is 2.71. The van der Waals surface area contributed by atoms with E-state index in [-0.39, 0.29) is 18.1 Å². The number of likely N-dealkylation sites (tertiary alicyclic amines) is 2. The number of hydrogen-bond donors (Lipinski definition) is 1. The highest BCUT2D eigenvalue weighted by Gasteiger charge is 2.47. The second-order valence-electron chi connectivity index (χ2n) is 9.36. The number of nitrogens with zero attached hydrogens (tertiary/aromatic N) is 2. The first-order chi connectivity index (χ1) is 18.0. The maximum atomic E-state index is 13.4. The van der Waals surface area contributed by atoms with E-state index < -0.39 is 17.7 Å². The van der Waals surface area contributed by atoms with Gasteiger partial charge in [-0.2, -0.15) is 0 Å². The summed E-state index contributed by atoms with van der Waals surface area (Å²) in [6.07, 6.45) is 2.23. The maximum absolute atomic E-state index is 13.4. The molecule has 10 nitrogen and oxygen atoms in total. The fraction of sp³-hybridized carbons (Fsp3) is 0.407. The number of carbonyl (C=O) groups is 2. The summed E-state index contributed by atoms with van der Waals surface area (Å²) >= 11 is 0. The molecule has 0 radical (unpaired) electrons. The third-order valence-electron chi connectivity index (χ3n) is 7.21. The Morgan fingerprint density at radius 3 is 2.54 bits per heavy atom. The Balaban J connectivity index is 1.45. The van der Waals surface area contributed by atoms with Crippen molar-refractivity contribution in [2.45, 2.75) is 18.9 Å². The van der Waals surface area contributed by atoms with Crippen LogP contribution in [0.3, 0.4) is 0 Å². The van der Waals surface area contributed by atoms with Crippen molar-refractivity contribution in [2.75, 3.05) is 53.3 Å². The molecule has 2 aromatic rings. The molecular formula is C27H28N2O8. The Kier molecular flexibility index (Phi) is 6.03. The van der Waals surface area contributed by atoms with Crippen molar-refractivity contribution in [3.8, 4) is 28.7 Å². The summed E-state index contributed by atoms with van der Waals surface area (Å²) in [6, 6.07) is 7.59.